The molecular formula is C11H21NO4. The van der Waals surface area contributed by atoms with Gasteiger partial charge in [0.2, 0.25) is 5.91 Å². The maximum atomic E-state index is 11.2. The van der Waals surface area contributed by atoms with Gasteiger partial charge in [-0.2, -0.15) is 0 Å². The number of carboxylic acids is 1. The molecule has 0 aromatic carbocycles. The van der Waals surface area contributed by atoms with Crippen molar-refractivity contribution < 1.29 is 19.4 Å². The van der Waals surface area contributed by atoms with Crippen molar-refractivity contribution in [3.8, 4) is 0 Å². The van der Waals surface area contributed by atoms with Crippen molar-refractivity contribution in [3.63, 3.8) is 0 Å². The van der Waals surface area contributed by atoms with E-state index in [-0.39, 0.29) is 12.3 Å². The molecule has 0 atom stereocenters. The van der Waals surface area contributed by atoms with E-state index in [1.54, 1.807) is 0 Å². The first-order valence-corrected chi connectivity index (χ1v) is 5.73. The number of unbranched alkanes of at least 4 members (excludes halogenated alkanes) is 1. The van der Waals surface area contributed by atoms with Crippen LogP contribution in [0.25, 0.3) is 0 Å². The van der Waals surface area contributed by atoms with Gasteiger partial charge < -0.3 is 15.2 Å². The van der Waals surface area contributed by atoms with Crippen LogP contribution in [-0.2, 0) is 14.3 Å². The predicted molar refractivity (Wildman–Crippen MR) is 60.2 cm³/mol. The standard InChI is InChI=1S/C11H21NO4/c1-2-16-9-5-6-10(13)12-8-4-3-7-11(14)15/h2-9H2,1H3,(H,12,13)(H,14,15). The number of ether oxygens (including phenoxy) is 1. The number of aliphatic carboxylic acids is 1. The third-order valence-electron chi connectivity index (χ3n) is 2.04. The van der Waals surface area contributed by atoms with Crippen LogP contribution in [0.15, 0.2) is 0 Å². The van der Waals surface area contributed by atoms with Gasteiger partial charge in [0.25, 0.3) is 0 Å². The zero-order valence-corrected chi connectivity index (χ0v) is 9.83. The molecule has 0 aromatic rings. The Hall–Kier alpha value is -1.10. The summed E-state index contributed by atoms with van der Waals surface area (Å²) in [5.74, 6) is -0.780. The Morgan fingerprint density at radius 1 is 1.19 bits per heavy atom. The Morgan fingerprint density at radius 3 is 2.56 bits per heavy atom. The van der Waals surface area contributed by atoms with Crippen molar-refractivity contribution in [1.82, 2.24) is 5.32 Å². The molecule has 2 N–H and O–H groups in total. The number of hydrogen-bond donors (Lipinski definition) is 2. The lowest BCUT2D eigenvalue weighted by Gasteiger charge is -2.04. The van der Waals surface area contributed by atoms with E-state index in [1.165, 1.54) is 0 Å². The molecular weight excluding hydrogens is 210 g/mol. The molecule has 0 bridgehead atoms. The fourth-order valence-electron chi connectivity index (χ4n) is 1.20. The second-order valence-corrected chi connectivity index (χ2v) is 3.50. The normalized spacial score (nSPS) is 10.1. The minimum Gasteiger partial charge on any atom is -0.481 e. The van der Waals surface area contributed by atoms with Gasteiger partial charge in [0.1, 0.15) is 0 Å². The molecule has 16 heavy (non-hydrogen) atoms. The summed E-state index contributed by atoms with van der Waals surface area (Å²) >= 11 is 0. The lowest BCUT2D eigenvalue weighted by Crippen LogP contribution is -2.24. The van der Waals surface area contributed by atoms with E-state index in [4.69, 9.17) is 9.84 Å². The Morgan fingerprint density at radius 2 is 1.94 bits per heavy atom. The molecule has 0 saturated heterocycles. The topological polar surface area (TPSA) is 75.6 Å². The second kappa shape index (κ2) is 10.4. The van der Waals surface area contributed by atoms with Crippen LogP contribution in [0, 0.1) is 0 Å². The van der Waals surface area contributed by atoms with E-state index < -0.39 is 5.97 Å². The lowest BCUT2D eigenvalue weighted by atomic mass is 10.2. The molecule has 5 nitrogen and oxygen atoms in total. The zero-order chi connectivity index (χ0) is 12.2. The highest BCUT2D eigenvalue weighted by Gasteiger charge is 2.01. The number of amides is 1. The molecule has 0 radical (unpaired) electrons. The van der Waals surface area contributed by atoms with Gasteiger partial charge in [-0.15, -0.1) is 0 Å². The Bertz CT molecular complexity index is 206. The summed E-state index contributed by atoms with van der Waals surface area (Å²) in [5, 5.41) is 11.1. The van der Waals surface area contributed by atoms with Crippen LogP contribution in [0.2, 0.25) is 0 Å². The molecule has 0 spiro atoms. The van der Waals surface area contributed by atoms with Crippen LogP contribution in [0.5, 0.6) is 0 Å². The van der Waals surface area contributed by atoms with Crippen molar-refractivity contribution in [2.24, 2.45) is 0 Å². The molecule has 1 amide bonds. The SMILES string of the molecule is CCOCCCC(=O)NCCCCC(=O)O. The first kappa shape index (κ1) is 14.9. The van der Waals surface area contributed by atoms with Crippen LogP contribution in [0.1, 0.15) is 39.0 Å². The van der Waals surface area contributed by atoms with Gasteiger partial charge in [0.05, 0.1) is 0 Å². The smallest absolute Gasteiger partial charge is 0.303 e. The molecule has 0 aliphatic carbocycles. The second-order valence-electron chi connectivity index (χ2n) is 3.50. The Kier molecular flexibility index (Phi) is 9.70. The lowest BCUT2D eigenvalue weighted by molar-refractivity contribution is -0.137. The summed E-state index contributed by atoms with van der Waals surface area (Å²) in [7, 11) is 0. The van der Waals surface area contributed by atoms with Crippen LogP contribution < -0.4 is 5.32 Å². The van der Waals surface area contributed by atoms with E-state index in [1.807, 2.05) is 6.92 Å². The van der Waals surface area contributed by atoms with E-state index in [0.717, 1.165) is 6.42 Å². The van der Waals surface area contributed by atoms with E-state index in [0.29, 0.717) is 39.0 Å². The van der Waals surface area contributed by atoms with Gasteiger partial charge in [0.15, 0.2) is 0 Å². The monoisotopic (exact) mass is 231 g/mol. The third kappa shape index (κ3) is 11.0. The minimum atomic E-state index is -0.789. The van der Waals surface area contributed by atoms with Gasteiger partial charge >= 0.3 is 5.97 Å². The molecule has 0 aromatic heterocycles. The molecule has 0 saturated carbocycles. The fraction of sp³-hybridized carbons (Fsp3) is 0.818. The number of hydrogen-bond acceptors (Lipinski definition) is 3. The largest absolute Gasteiger partial charge is 0.481 e. The van der Waals surface area contributed by atoms with E-state index in [9.17, 15) is 9.59 Å². The minimum absolute atomic E-state index is 0.00929. The summed E-state index contributed by atoms with van der Waals surface area (Å²) in [6.45, 7) is 3.77. The quantitative estimate of drug-likeness (QED) is 0.553. The average molecular weight is 231 g/mol. The van der Waals surface area contributed by atoms with Gasteiger partial charge in [-0.25, -0.2) is 0 Å². The molecule has 0 rings (SSSR count). The maximum absolute atomic E-state index is 11.2. The number of rotatable bonds is 10. The number of carboxylic acid groups (broad SMARTS) is 1. The first-order chi connectivity index (χ1) is 7.66. The Labute approximate surface area is 96.2 Å². The van der Waals surface area contributed by atoms with Crippen molar-refractivity contribution in [2.45, 2.75) is 39.0 Å². The predicted octanol–water partition coefficient (Wildman–Crippen LogP) is 1.17. The number of carbonyl (C=O) groups excluding carboxylic acids is 1. The summed E-state index contributed by atoms with van der Waals surface area (Å²) in [6, 6.07) is 0. The first-order valence-electron chi connectivity index (χ1n) is 5.73. The third-order valence-corrected chi connectivity index (χ3v) is 2.04. The summed E-state index contributed by atoms with van der Waals surface area (Å²) in [5.41, 5.74) is 0. The zero-order valence-electron chi connectivity index (χ0n) is 9.83. The van der Waals surface area contributed by atoms with Crippen molar-refractivity contribution >= 4 is 11.9 Å². The highest BCUT2D eigenvalue weighted by Crippen LogP contribution is 1.95. The highest BCUT2D eigenvalue weighted by atomic mass is 16.5. The summed E-state index contributed by atoms with van der Waals surface area (Å²) < 4.78 is 5.11. The van der Waals surface area contributed by atoms with Crippen LogP contribution in [0.4, 0.5) is 0 Å². The van der Waals surface area contributed by atoms with Crippen molar-refractivity contribution in [2.75, 3.05) is 19.8 Å². The van der Waals surface area contributed by atoms with E-state index >= 15 is 0 Å². The molecule has 0 fully saturated rings. The van der Waals surface area contributed by atoms with Crippen LogP contribution >= 0.6 is 0 Å². The van der Waals surface area contributed by atoms with Crippen molar-refractivity contribution in [3.05, 3.63) is 0 Å². The Balaban J connectivity index is 3.20. The van der Waals surface area contributed by atoms with Crippen LogP contribution in [0.3, 0.4) is 0 Å². The van der Waals surface area contributed by atoms with Gasteiger partial charge in [-0.3, -0.25) is 9.59 Å². The molecule has 0 unspecified atom stereocenters. The molecule has 5 heteroatoms. The van der Waals surface area contributed by atoms with E-state index in [2.05, 4.69) is 5.32 Å². The molecule has 94 valence electrons. The number of carbonyl (C=O) groups is 2. The average Bonchev–Trinajstić information content (AvgIpc) is 2.23. The van der Waals surface area contributed by atoms with Gasteiger partial charge in [-0.1, -0.05) is 0 Å². The van der Waals surface area contributed by atoms with Gasteiger partial charge in [-0.05, 0) is 26.2 Å². The molecule has 0 heterocycles. The molecule has 0 aliphatic heterocycles. The summed E-state index contributed by atoms with van der Waals surface area (Å²) in [6.07, 6.45) is 2.69. The number of nitrogens with one attached hydrogen (secondary N) is 1. The highest BCUT2D eigenvalue weighted by molar-refractivity contribution is 5.75. The van der Waals surface area contributed by atoms with Gasteiger partial charge in [0, 0.05) is 32.6 Å². The summed E-state index contributed by atoms with van der Waals surface area (Å²) in [4.78, 5) is 21.4. The van der Waals surface area contributed by atoms with Crippen LogP contribution in [-0.4, -0.2) is 36.7 Å². The van der Waals surface area contributed by atoms with Crippen molar-refractivity contribution in [1.29, 1.82) is 0 Å². The maximum Gasteiger partial charge on any atom is 0.303 e. The fourth-order valence-corrected chi connectivity index (χ4v) is 1.20. The molecule has 0 aliphatic rings.